The summed E-state index contributed by atoms with van der Waals surface area (Å²) >= 11 is 0. The van der Waals surface area contributed by atoms with Crippen LogP contribution in [0.3, 0.4) is 0 Å². The minimum absolute atomic E-state index is 0.414. The van der Waals surface area contributed by atoms with Crippen molar-refractivity contribution in [1.82, 2.24) is 0 Å². The molecule has 1 aliphatic rings. The summed E-state index contributed by atoms with van der Waals surface area (Å²) in [7, 11) is 0. The molecule has 0 heterocycles. The third-order valence-corrected chi connectivity index (χ3v) is 3.72. The lowest BCUT2D eigenvalue weighted by Crippen LogP contribution is -2.40. The van der Waals surface area contributed by atoms with Gasteiger partial charge in [-0.15, -0.1) is 0 Å². The first kappa shape index (κ1) is 11.7. The van der Waals surface area contributed by atoms with Gasteiger partial charge < -0.3 is 0 Å². The Morgan fingerprint density at radius 1 is 1.29 bits per heavy atom. The van der Waals surface area contributed by atoms with E-state index in [1.54, 1.807) is 0 Å². The number of carbonyl (C=O) groups is 1. The average molecular weight is 196 g/mol. The molecule has 0 aliphatic heterocycles. The lowest BCUT2D eigenvalue weighted by atomic mass is 9.62. The minimum atomic E-state index is 0.414. The first-order valence-corrected chi connectivity index (χ1v) is 6.23. The maximum atomic E-state index is 11.9. The normalized spacial score (nSPS) is 31.2. The first-order chi connectivity index (χ1) is 6.70. The van der Waals surface area contributed by atoms with Gasteiger partial charge in [-0.2, -0.15) is 0 Å². The molecule has 82 valence electrons. The van der Waals surface area contributed by atoms with Gasteiger partial charge in [0.15, 0.2) is 0 Å². The molecule has 1 heteroatoms. The van der Waals surface area contributed by atoms with E-state index in [1.807, 2.05) is 0 Å². The van der Waals surface area contributed by atoms with Crippen LogP contribution >= 0.6 is 0 Å². The quantitative estimate of drug-likeness (QED) is 0.590. The van der Waals surface area contributed by atoms with E-state index in [1.165, 1.54) is 25.7 Å². The van der Waals surface area contributed by atoms with Crippen molar-refractivity contribution in [2.45, 2.75) is 59.3 Å². The highest BCUT2D eigenvalue weighted by Crippen LogP contribution is 2.43. The van der Waals surface area contributed by atoms with E-state index < -0.39 is 0 Å². The number of ketones is 1. The second-order valence-corrected chi connectivity index (χ2v) is 4.83. The predicted octanol–water partition coefficient (Wildman–Crippen LogP) is 3.82. The molecule has 3 unspecified atom stereocenters. The average Bonchev–Trinajstić information content (AvgIpc) is 2.14. The summed E-state index contributed by atoms with van der Waals surface area (Å²) in [5.41, 5.74) is 0. The molecule has 0 radical (unpaired) electrons. The summed E-state index contributed by atoms with van der Waals surface area (Å²) in [6.07, 6.45) is 6.83. The number of carbonyl (C=O) groups excluding carboxylic acids is 1. The van der Waals surface area contributed by atoms with E-state index in [4.69, 9.17) is 0 Å². The van der Waals surface area contributed by atoms with Gasteiger partial charge >= 0.3 is 0 Å². The predicted molar refractivity (Wildman–Crippen MR) is 60.2 cm³/mol. The zero-order chi connectivity index (χ0) is 10.6. The molecule has 1 aliphatic carbocycles. The largest absolute Gasteiger partial charge is 0.299 e. The van der Waals surface area contributed by atoms with Crippen LogP contribution in [0.2, 0.25) is 0 Å². The van der Waals surface area contributed by atoms with E-state index in [0.29, 0.717) is 23.5 Å². The fourth-order valence-corrected chi connectivity index (χ4v) is 2.76. The fraction of sp³-hybridized carbons (Fsp3) is 0.923. The van der Waals surface area contributed by atoms with Crippen molar-refractivity contribution in [2.75, 3.05) is 0 Å². The molecule has 0 spiro atoms. The summed E-state index contributed by atoms with van der Waals surface area (Å²) < 4.78 is 0. The van der Waals surface area contributed by atoms with Crippen LogP contribution in [-0.2, 0) is 4.79 Å². The molecular formula is C13H24O. The van der Waals surface area contributed by atoms with Gasteiger partial charge in [0.2, 0.25) is 0 Å². The van der Waals surface area contributed by atoms with Gasteiger partial charge in [-0.1, -0.05) is 40.0 Å². The van der Waals surface area contributed by atoms with Crippen LogP contribution in [-0.4, -0.2) is 5.78 Å². The Hall–Kier alpha value is -0.330. The van der Waals surface area contributed by atoms with Gasteiger partial charge in [0.1, 0.15) is 5.78 Å². The van der Waals surface area contributed by atoms with Crippen LogP contribution < -0.4 is 0 Å². The van der Waals surface area contributed by atoms with Crippen LogP contribution in [0.5, 0.6) is 0 Å². The third-order valence-electron chi connectivity index (χ3n) is 3.72. The Morgan fingerprint density at radius 3 is 2.50 bits per heavy atom. The van der Waals surface area contributed by atoms with Crippen molar-refractivity contribution in [2.24, 2.45) is 17.8 Å². The van der Waals surface area contributed by atoms with Crippen LogP contribution in [0.4, 0.5) is 0 Å². The number of Topliss-reactive ketones (excluding diaryl/α,β-unsaturated/α-hetero) is 1. The van der Waals surface area contributed by atoms with E-state index in [9.17, 15) is 4.79 Å². The molecule has 0 amide bonds. The van der Waals surface area contributed by atoms with Crippen LogP contribution in [0, 0.1) is 17.8 Å². The molecule has 1 fully saturated rings. The zero-order valence-electron chi connectivity index (χ0n) is 9.88. The molecule has 1 nitrogen and oxygen atoms in total. The monoisotopic (exact) mass is 196 g/mol. The molecule has 0 bridgehead atoms. The topological polar surface area (TPSA) is 17.1 Å². The van der Waals surface area contributed by atoms with Crippen molar-refractivity contribution >= 4 is 5.78 Å². The molecule has 3 atom stereocenters. The van der Waals surface area contributed by atoms with Gasteiger partial charge in [0.25, 0.3) is 0 Å². The smallest absolute Gasteiger partial charge is 0.136 e. The highest BCUT2D eigenvalue weighted by molar-refractivity contribution is 5.82. The summed E-state index contributed by atoms with van der Waals surface area (Å²) in [4.78, 5) is 11.9. The molecule has 14 heavy (non-hydrogen) atoms. The summed E-state index contributed by atoms with van der Waals surface area (Å²) in [6.45, 7) is 6.63. The van der Waals surface area contributed by atoms with Gasteiger partial charge in [0.05, 0.1) is 0 Å². The first-order valence-electron chi connectivity index (χ1n) is 6.23. The van der Waals surface area contributed by atoms with Crippen LogP contribution in [0.1, 0.15) is 59.3 Å². The molecule has 1 rings (SSSR count). The second-order valence-electron chi connectivity index (χ2n) is 4.83. The van der Waals surface area contributed by atoms with Crippen molar-refractivity contribution in [3.63, 3.8) is 0 Å². The maximum absolute atomic E-state index is 11.9. The Balaban J connectivity index is 2.28. The standard InChI is InChI=1S/C13H24O/c1-4-6-7-8-12(14)13-10(3)9-11(13)5-2/h10-11,13H,4-9H2,1-3H3. The van der Waals surface area contributed by atoms with E-state index in [2.05, 4.69) is 20.8 Å². The number of rotatable bonds is 6. The number of hydrogen-bond donors (Lipinski definition) is 0. The number of hydrogen-bond acceptors (Lipinski definition) is 1. The molecule has 0 aromatic carbocycles. The van der Waals surface area contributed by atoms with Gasteiger partial charge in [-0.25, -0.2) is 0 Å². The van der Waals surface area contributed by atoms with E-state index in [-0.39, 0.29) is 0 Å². The summed E-state index contributed by atoms with van der Waals surface area (Å²) in [6, 6.07) is 0. The van der Waals surface area contributed by atoms with Crippen molar-refractivity contribution in [3.05, 3.63) is 0 Å². The fourth-order valence-electron chi connectivity index (χ4n) is 2.76. The highest BCUT2D eigenvalue weighted by Gasteiger charge is 2.40. The Kier molecular flexibility index (Phi) is 4.64. The van der Waals surface area contributed by atoms with Gasteiger partial charge in [-0.05, 0) is 24.7 Å². The molecule has 0 aromatic rings. The third kappa shape index (κ3) is 2.59. The van der Waals surface area contributed by atoms with Crippen molar-refractivity contribution < 1.29 is 4.79 Å². The molecule has 1 saturated carbocycles. The minimum Gasteiger partial charge on any atom is -0.299 e. The molecular weight excluding hydrogens is 172 g/mol. The Morgan fingerprint density at radius 2 is 2.00 bits per heavy atom. The van der Waals surface area contributed by atoms with Crippen LogP contribution in [0.15, 0.2) is 0 Å². The summed E-state index contributed by atoms with van der Waals surface area (Å²) in [5, 5.41) is 0. The maximum Gasteiger partial charge on any atom is 0.136 e. The SMILES string of the molecule is CCCCCC(=O)C1C(C)CC1CC. The van der Waals surface area contributed by atoms with Crippen LogP contribution in [0.25, 0.3) is 0 Å². The van der Waals surface area contributed by atoms with Crippen molar-refractivity contribution in [3.8, 4) is 0 Å². The van der Waals surface area contributed by atoms with Gasteiger partial charge in [-0.3, -0.25) is 4.79 Å². The Bertz CT molecular complexity index is 186. The second kappa shape index (κ2) is 5.53. The lowest BCUT2D eigenvalue weighted by Gasteiger charge is -2.41. The summed E-state index contributed by atoms with van der Waals surface area (Å²) in [5.74, 6) is 2.33. The molecule has 0 saturated heterocycles. The van der Waals surface area contributed by atoms with E-state index >= 15 is 0 Å². The Labute approximate surface area is 88.3 Å². The van der Waals surface area contributed by atoms with Crippen molar-refractivity contribution in [1.29, 1.82) is 0 Å². The highest BCUT2D eigenvalue weighted by atomic mass is 16.1. The zero-order valence-corrected chi connectivity index (χ0v) is 9.88. The lowest BCUT2D eigenvalue weighted by molar-refractivity contribution is -0.131. The molecule has 0 aromatic heterocycles. The number of unbranched alkanes of at least 4 members (excludes halogenated alkanes) is 2. The van der Waals surface area contributed by atoms with E-state index in [0.717, 1.165) is 12.8 Å². The molecule has 0 N–H and O–H groups in total. The van der Waals surface area contributed by atoms with Gasteiger partial charge in [0, 0.05) is 12.3 Å².